The summed E-state index contributed by atoms with van der Waals surface area (Å²) in [5, 5.41) is 11.4. The summed E-state index contributed by atoms with van der Waals surface area (Å²) in [6.45, 7) is 4.34. The first-order valence-electron chi connectivity index (χ1n) is 9.07. The number of hydrogen-bond acceptors (Lipinski definition) is 5. The van der Waals surface area contributed by atoms with Crippen molar-refractivity contribution in [2.45, 2.75) is 31.4 Å². The average Bonchev–Trinajstić information content (AvgIpc) is 2.88. The summed E-state index contributed by atoms with van der Waals surface area (Å²) < 4.78 is 12.5. The molecule has 2 unspecified atom stereocenters. The van der Waals surface area contributed by atoms with Gasteiger partial charge >= 0.3 is 0 Å². The van der Waals surface area contributed by atoms with Gasteiger partial charge in [0.1, 0.15) is 4.47 Å². The maximum Gasteiger partial charge on any atom is 0.288 e. The first-order chi connectivity index (χ1) is 13.3. The Morgan fingerprint density at radius 1 is 1.36 bits per heavy atom. The molecule has 146 valence electrons. The molecule has 1 spiro atoms. The van der Waals surface area contributed by atoms with Gasteiger partial charge in [0.15, 0.2) is 11.5 Å². The van der Waals surface area contributed by atoms with Crippen LogP contribution < -0.4 is 14.4 Å². The fourth-order valence-electron chi connectivity index (χ4n) is 4.44. The minimum absolute atomic E-state index is 0.0545. The summed E-state index contributed by atoms with van der Waals surface area (Å²) in [6.07, 6.45) is 4.76. The highest BCUT2D eigenvalue weighted by Crippen LogP contribution is 2.58. The van der Waals surface area contributed by atoms with Gasteiger partial charge < -0.3 is 14.4 Å². The summed E-state index contributed by atoms with van der Waals surface area (Å²) >= 11 is 3.37. The fraction of sp³-hybridized carbons (Fsp3) is 0.333. The molecule has 0 bridgehead atoms. The third-order valence-corrected chi connectivity index (χ3v) is 7.04. The van der Waals surface area contributed by atoms with Gasteiger partial charge in [0.05, 0.1) is 23.5 Å². The Kier molecular flexibility index (Phi) is 4.19. The molecular weight excluding hydrogens is 424 g/mol. The lowest BCUT2D eigenvalue weighted by Gasteiger charge is -2.47. The average molecular weight is 445 g/mol. The Balaban J connectivity index is 1.95. The Morgan fingerprint density at radius 3 is 2.71 bits per heavy atom. The zero-order chi connectivity index (χ0) is 20.3. The Morgan fingerprint density at radius 2 is 2.07 bits per heavy atom. The second kappa shape index (κ2) is 6.24. The van der Waals surface area contributed by atoms with Gasteiger partial charge in [-0.05, 0) is 53.1 Å². The predicted molar refractivity (Wildman–Crippen MR) is 112 cm³/mol. The van der Waals surface area contributed by atoms with E-state index in [9.17, 15) is 10.1 Å². The molecule has 0 saturated heterocycles. The van der Waals surface area contributed by atoms with Gasteiger partial charge in [-0.2, -0.15) is 0 Å². The monoisotopic (exact) mass is 444 g/mol. The molecule has 2 aromatic carbocycles. The lowest BCUT2D eigenvalue weighted by atomic mass is 9.72. The van der Waals surface area contributed by atoms with Crippen LogP contribution in [-0.2, 0) is 5.41 Å². The molecule has 6 nitrogen and oxygen atoms in total. The van der Waals surface area contributed by atoms with Crippen LogP contribution in [-0.4, -0.2) is 24.8 Å². The van der Waals surface area contributed by atoms with Crippen molar-refractivity contribution in [2.75, 3.05) is 19.1 Å². The first-order valence-corrected chi connectivity index (χ1v) is 9.86. The molecular formula is C21H21BrN2O4. The molecule has 2 aliphatic rings. The number of fused-ring (bicyclic) bond motifs is 2. The molecule has 4 rings (SSSR count). The van der Waals surface area contributed by atoms with Gasteiger partial charge in [-0.15, -0.1) is 0 Å². The lowest BCUT2D eigenvalue weighted by molar-refractivity contribution is -0.385. The van der Waals surface area contributed by atoms with E-state index < -0.39 is 10.6 Å². The van der Waals surface area contributed by atoms with Crippen LogP contribution >= 0.6 is 15.9 Å². The van der Waals surface area contributed by atoms with E-state index in [-0.39, 0.29) is 11.1 Å². The highest BCUT2D eigenvalue weighted by molar-refractivity contribution is 9.10. The summed E-state index contributed by atoms with van der Waals surface area (Å²) in [5.74, 6) is 0.846. The van der Waals surface area contributed by atoms with Crippen molar-refractivity contribution in [1.29, 1.82) is 0 Å². The number of hydrogen-bond donors (Lipinski definition) is 0. The largest absolute Gasteiger partial charge is 0.493 e. The lowest BCUT2D eigenvalue weighted by Crippen LogP contribution is -2.59. The SMILES string of the molecule is CCC1(C)c2ccccc2N(C)C12C=Cc1c(Br)c([N+](=O)[O-])cc(OC)c1O2. The topological polar surface area (TPSA) is 64.8 Å². The minimum atomic E-state index is -0.763. The molecule has 0 radical (unpaired) electrons. The predicted octanol–water partition coefficient (Wildman–Crippen LogP) is 5.29. The van der Waals surface area contributed by atoms with Crippen LogP contribution in [0.15, 0.2) is 40.9 Å². The number of methoxy groups -OCH3 is 1. The maximum absolute atomic E-state index is 11.4. The number of benzene rings is 2. The van der Waals surface area contributed by atoms with Crippen LogP contribution in [0.4, 0.5) is 11.4 Å². The van der Waals surface area contributed by atoms with Crippen molar-refractivity contribution in [1.82, 2.24) is 0 Å². The van der Waals surface area contributed by atoms with E-state index in [0.29, 0.717) is 21.5 Å². The summed E-state index contributed by atoms with van der Waals surface area (Å²) in [5.41, 5.74) is 1.81. The van der Waals surface area contributed by atoms with Gasteiger partial charge in [0, 0.05) is 18.3 Å². The molecule has 0 fully saturated rings. The normalized spacial score (nSPS) is 24.7. The van der Waals surface area contributed by atoms with Crippen molar-refractivity contribution in [3.8, 4) is 11.5 Å². The number of nitrogens with zero attached hydrogens (tertiary/aromatic N) is 2. The zero-order valence-electron chi connectivity index (χ0n) is 16.2. The number of halogens is 1. The fourth-order valence-corrected chi connectivity index (χ4v) is 5.01. The minimum Gasteiger partial charge on any atom is -0.493 e. The summed E-state index contributed by atoms with van der Waals surface area (Å²) in [4.78, 5) is 13.1. The number of para-hydroxylation sites is 1. The van der Waals surface area contributed by atoms with E-state index in [4.69, 9.17) is 9.47 Å². The van der Waals surface area contributed by atoms with Gasteiger partial charge in [-0.1, -0.05) is 25.1 Å². The van der Waals surface area contributed by atoms with Gasteiger partial charge in [-0.25, -0.2) is 0 Å². The smallest absolute Gasteiger partial charge is 0.288 e. The molecule has 28 heavy (non-hydrogen) atoms. The van der Waals surface area contributed by atoms with E-state index in [1.807, 2.05) is 31.3 Å². The van der Waals surface area contributed by atoms with Crippen molar-refractivity contribution in [3.63, 3.8) is 0 Å². The van der Waals surface area contributed by atoms with E-state index in [1.54, 1.807) is 0 Å². The highest BCUT2D eigenvalue weighted by atomic mass is 79.9. The molecule has 0 aromatic heterocycles. The van der Waals surface area contributed by atoms with E-state index in [1.165, 1.54) is 18.7 Å². The first kappa shape index (κ1) is 18.8. The molecule has 2 aromatic rings. The Hall–Kier alpha value is -2.54. The van der Waals surface area contributed by atoms with Crippen LogP contribution in [0.3, 0.4) is 0 Å². The number of nitro benzene ring substituents is 1. The van der Waals surface area contributed by atoms with Gasteiger partial charge in [-0.3, -0.25) is 10.1 Å². The van der Waals surface area contributed by atoms with Crippen LogP contribution in [0.2, 0.25) is 0 Å². The van der Waals surface area contributed by atoms with Crippen molar-refractivity contribution < 1.29 is 14.4 Å². The second-order valence-corrected chi connectivity index (χ2v) is 8.10. The summed E-state index contributed by atoms with van der Waals surface area (Å²) in [6, 6.07) is 9.70. The summed E-state index contributed by atoms with van der Waals surface area (Å²) in [7, 11) is 3.51. The standard InChI is InChI=1S/C21H21BrN2O4/c1-5-20(2)14-8-6-7-9-15(14)23(3)21(20)11-10-13-18(22)16(24(25)26)12-17(27-4)19(13)28-21/h6-12H,5H2,1-4H3. The van der Waals surface area contributed by atoms with Crippen molar-refractivity contribution in [3.05, 3.63) is 62.1 Å². The van der Waals surface area contributed by atoms with E-state index in [0.717, 1.165) is 12.1 Å². The highest BCUT2D eigenvalue weighted by Gasteiger charge is 2.59. The van der Waals surface area contributed by atoms with Crippen LogP contribution in [0.5, 0.6) is 11.5 Å². The number of likely N-dealkylation sites (N-methyl/N-ethyl adjacent to an activating group) is 1. The van der Waals surface area contributed by atoms with Crippen molar-refractivity contribution in [2.24, 2.45) is 0 Å². The molecule has 0 amide bonds. The molecule has 2 heterocycles. The van der Waals surface area contributed by atoms with Gasteiger partial charge in [0.2, 0.25) is 5.72 Å². The molecule has 0 N–H and O–H groups in total. The third-order valence-electron chi connectivity index (χ3n) is 6.20. The van der Waals surface area contributed by atoms with E-state index in [2.05, 4.69) is 46.8 Å². The number of ether oxygens (including phenoxy) is 2. The molecule has 7 heteroatoms. The van der Waals surface area contributed by atoms with Crippen LogP contribution in [0.25, 0.3) is 6.08 Å². The second-order valence-electron chi connectivity index (χ2n) is 7.31. The Labute approximate surface area is 172 Å². The quantitative estimate of drug-likeness (QED) is 0.475. The Bertz CT molecular complexity index is 1020. The van der Waals surface area contributed by atoms with Crippen LogP contribution in [0.1, 0.15) is 31.4 Å². The zero-order valence-corrected chi connectivity index (χ0v) is 17.7. The maximum atomic E-state index is 11.4. The third kappa shape index (κ3) is 2.19. The van der Waals surface area contributed by atoms with Gasteiger partial charge in [0.25, 0.3) is 5.69 Å². The molecule has 2 atom stereocenters. The molecule has 0 saturated carbocycles. The van der Waals surface area contributed by atoms with E-state index >= 15 is 0 Å². The number of rotatable bonds is 3. The number of anilines is 1. The molecule has 2 aliphatic heterocycles. The number of nitro groups is 1. The van der Waals surface area contributed by atoms with Crippen molar-refractivity contribution >= 4 is 33.4 Å². The van der Waals surface area contributed by atoms with Crippen LogP contribution in [0, 0.1) is 10.1 Å². The molecule has 0 aliphatic carbocycles.